The van der Waals surface area contributed by atoms with E-state index >= 15 is 0 Å². The quantitative estimate of drug-likeness (QED) is 0.597. The molecule has 2 aromatic carbocycles. The maximum Gasteiger partial charge on any atom is 0.141 e. The number of nitriles is 1. The highest BCUT2D eigenvalue weighted by Gasteiger charge is 2.35. The first-order chi connectivity index (χ1) is 12.0. The maximum atomic E-state index is 14.6. The zero-order chi connectivity index (χ0) is 17.6. The van der Waals surface area contributed by atoms with E-state index in [1.165, 1.54) is 37.8 Å². The van der Waals surface area contributed by atoms with Crippen molar-refractivity contribution in [1.82, 2.24) is 0 Å². The second-order valence-corrected chi connectivity index (χ2v) is 8.12. The van der Waals surface area contributed by atoms with E-state index in [2.05, 4.69) is 6.92 Å². The maximum absolute atomic E-state index is 14.6. The SMILES string of the molecule is C[C@@H]1CC[C@@H]2CC(c3cc(F)c4cc(C#N)c(F)cc4c3)CCC2C1. The summed E-state index contributed by atoms with van der Waals surface area (Å²) in [7, 11) is 0. The summed E-state index contributed by atoms with van der Waals surface area (Å²) in [5.41, 5.74) is 0.891. The third-order valence-electron chi connectivity index (χ3n) is 6.48. The van der Waals surface area contributed by atoms with Gasteiger partial charge >= 0.3 is 0 Å². The van der Waals surface area contributed by atoms with Crippen LogP contribution in [0.15, 0.2) is 24.3 Å². The highest BCUT2D eigenvalue weighted by molar-refractivity contribution is 5.85. The number of nitrogens with zero attached hydrogens (tertiary/aromatic N) is 1. The molecule has 1 nitrogen and oxygen atoms in total. The van der Waals surface area contributed by atoms with Crippen LogP contribution in [-0.4, -0.2) is 0 Å². The molecule has 2 aromatic rings. The van der Waals surface area contributed by atoms with Gasteiger partial charge in [0.05, 0.1) is 5.56 Å². The monoisotopic (exact) mass is 339 g/mol. The topological polar surface area (TPSA) is 23.8 Å². The van der Waals surface area contributed by atoms with Crippen molar-refractivity contribution in [3.63, 3.8) is 0 Å². The summed E-state index contributed by atoms with van der Waals surface area (Å²) in [4.78, 5) is 0. The minimum atomic E-state index is -0.573. The van der Waals surface area contributed by atoms with Crippen LogP contribution < -0.4 is 0 Å². The van der Waals surface area contributed by atoms with E-state index in [0.29, 0.717) is 16.7 Å². The Balaban J connectivity index is 1.65. The van der Waals surface area contributed by atoms with Gasteiger partial charge < -0.3 is 0 Å². The second-order valence-electron chi connectivity index (χ2n) is 8.12. The van der Waals surface area contributed by atoms with Crippen LogP contribution in [-0.2, 0) is 0 Å². The smallest absolute Gasteiger partial charge is 0.141 e. The molecule has 3 heteroatoms. The predicted octanol–water partition coefficient (Wildman–Crippen LogP) is 6.31. The zero-order valence-electron chi connectivity index (χ0n) is 14.6. The lowest BCUT2D eigenvalue weighted by Crippen LogP contribution is -2.29. The summed E-state index contributed by atoms with van der Waals surface area (Å²) in [6.07, 6.45) is 7.38. The standard InChI is InChI=1S/C22H23F2N/c1-13-2-3-15-7-16(5-4-14(15)6-13)17-8-18-11-21(23)19(12-25)9-20(18)22(24)10-17/h8-11,13-16H,2-7H2,1H3/t13-,14?,15-,16?/m1/s1. The lowest BCUT2D eigenvalue weighted by atomic mass is 9.64. The van der Waals surface area contributed by atoms with Crippen molar-refractivity contribution >= 4 is 10.8 Å². The number of rotatable bonds is 1. The number of fused-ring (bicyclic) bond motifs is 2. The molecule has 2 saturated carbocycles. The Labute approximate surface area is 147 Å². The first kappa shape index (κ1) is 16.5. The average Bonchev–Trinajstić information content (AvgIpc) is 2.60. The molecule has 0 bridgehead atoms. The Morgan fingerprint density at radius 2 is 1.68 bits per heavy atom. The molecule has 0 heterocycles. The van der Waals surface area contributed by atoms with E-state index in [9.17, 15) is 8.78 Å². The van der Waals surface area contributed by atoms with Gasteiger partial charge in [0, 0.05) is 5.39 Å². The van der Waals surface area contributed by atoms with E-state index in [4.69, 9.17) is 5.26 Å². The van der Waals surface area contributed by atoms with Crippen molar-refractivity contribution < 1.29 is 8.78 Å². The van der Waals surface area contributed by atoms with Gasteiger partial charge in [-0.3, -0.25) is 0 Å². The highest BCUT2D eigenvalue weighted by atomic mass is 19.1. The fourth-order valence-electron chi connectivity index (χ4n) is 5.11. The van der Waals surface area contributed by atoms with Gasteiger partial charge in [0.1, 0.15) is 17.7 Å². The van der Waals surface area contributed by atoms with Crippen LogP contribution in [0.2, 0.25) is 0 Å². The van der Waals surface area contributed by atoms with Gasteiger partial charge in [-0.15, -0.1) is 0 Å². The minimum absolute atomic E-state index is 0.101. The summed E-state index contributed by atoms with van der Waals surface area (Å²) >= 11 is 0. The fraction of sp³-hybridized carbons (Fsp3) is 0.500. The molecule has 0 aliphatic heterocycles. The normalized spacial score (nSPS) is 29.2. The lowest BCUT2D eigenvalue weighted by Gasteiger charge is -2.41. The summed E-state index contributed by atoms with van der Waals surface area (Å²) in [5.74, 6) is 1.88. The van der Waals surface area contributed by atoms with Crippen LogP contribution in [0.25, 0.3) is 10.8 Å². The van der Waals surface area contributed by atoms with Crippen molar-refractivity contribution in [2.45, 2.75) is 51.4 Å². The Bertz CT molecular complexity index is 851. The Morgan fingerprint density at radius 1 is 0.920 bits per heavy atom. The first-order valence-corrected chi connectivity index (χ1v) is 9.38. The van der Waals surface area contributed by atoms with Crippen molar-refractivity contribution in [1.29, 1.82) is 5.26 Å². The molecule has 130 valence electrons. The number of benzene rings is 2. The van der Waals surface area contributed by atoms with Crippen molar-refractivity contribution in [3.8, 4) is 6.07 Å². The summed E-state index contributed by atoms with van der Waals surface area (Å²) in [6, 6.07) is 7.95. The van der Waals surface area contributed by atoms with Crippen molar-refractivity contribution in [2.24, 2.45) is 17.8 Å². The van der Waals surface area contributed by atoms with Gasteiger partial charge in [-0.05, 0) is 84.9 Å². The van der Waals surface area contributed by atoms with Crippen LogP contribution in [0, 0.1) is 40.7 Å². The van der Waals surface area contributed by atoms with Crippen LogP contribution in [0.3, 0.4) is 0 Å². The molecule has 2 aliphatic carbocycles. The number of hydrogen-bond acceptors (Lipinski definition) is 1. The summed E-state index contributed by atoms with van der Waals surface area (Å²) in [6.45, 7) is 2.35. The fourth-order valence-corrected chi connectivity index (χ4v) is 5.11. The van der Waals surface area contributed by atoms with E-state index < -0.39 is 5.82 Å². The first-order valence-electron chi connectivity index (χ1n) is 9.38. The van der Waals surface area contributed by atoms with Gasteiger partial charge in [-0.1, -0.05) is 19.4 Å². The van der Waals surface area contributed by atoms with Gasteiger partial charge in [0.2, 0.25) is 0 Å². The number of hydrogen-bond donors (Lipinski definition) is 0. The van der Waals surface area contributed by atoms with Gasteiger partial charge in [0.15, 0.2) is 0 Å². The van der Waals surface area contributed by atoms with Gasteiger partial charge in [0.25, 0.3) is 0 Å². The van der Waals surface area contributed by atoms with Crippen LogP contribution in [0.4, 0.5) is 8.78 Å². The molecule has 2 aliphatic rings. The number of halogens is 2. The summed E-state index contributed by atoms with van der Waals surface area (Å²) in [5, 5.41) is 9.84. The Kier molecular flexibility index (Phi) is 4.23. The van der Waals surface area contributed by atoms with Gasteiger partial charge in [-0.2, -0.15) is 5.26 Å². The van der Waals surface area contributed by atoms with Crippen molar-refractivity contribution in [3.05, 3.63) is 47.0 Å². The van der Waals surface area contributed by atoms with E-state index in [0.717, 1.165) is 36.2 Å². The van der Waals surface area contributed by atoms with Crippen molar-refractivity contribution in [2.75, 3.05) is 0 Å². The summed E-state index contributed by atoms with van der Waals surface area (Å²) < 4.78 is 28.5. The van der Waals surface area contributed by atoms with Gasteiger partial charge in [-0.25, -0.2) is 8.78 Å². The molecule has 0 radical (unpaired) electrons. The lowest BCUT2D eigenvalue weighted by molar-refractivity contribution is 0.124. The van der Waals surface area contributed by atoms with E-state index in [1.54, 1.807) is 12.1 Å². The molecule has 2 unspecified atom stereocenters. The highest BCUT2D eigenvalue weighted by Crippen LogP contribution is 2.47. The van der Waals surface area contributed by atoms with Crippen LogP contribution in [0.5, 0.6) is 0 Å². The molecule has 4 rings (SSSR count). The van der Waals surface area contributed by atoms with Crippen LogP contribution in [0.1, 0.15) is 62.5 Å². The molecular formula is C22H23F2N. The zero-order valence-corrected chi connectivity index (χ0v) is 14.6. The van der Waals surface area contributed by atoms with E-state index in [-0.39, 0.29) is 11.4 Å². The van der Waals surface area contributed by atoms with E-state index in [1.807, 2.05) is 6.07 Å². The third kappa shape index (κ3) is 3.03. The average molecular weight is 339 g/mol. The minimum Gasteiger partial charge on any atom is -0.206 e. The molecule has 0 N–H and O–H groups in total. The largest absolute Gasteiger partial charge is 0.206 e. The molecule has 25 heavy (non-hydrogen) atoms. The third-order valence-corrected chi connectivity index (χ3v) is 6.48. The molecule has 0 amide bonds. The Hall–Kier alpha value is -1.95. The predicted molar refractivity (Wildman–Crippen MR) is 95.2 cm³/mol. The molecule has 0 spiro atoms. The Morgan fingerprint density at radius 3 is 2.48 bits per heavy atom. The molecular weight excluding hydrogens is 316 g/mol. The van der Waals surface area contributed by atoms with Crippen LogP contribution >= 0.6 is 0 Å². The molecule has 0 saturated heterocycles. The second kappa shape index (κ2) is 6.41. The molecule has 2 fully saturated rings. The molecule has 0 aromatic heterocycles. The molecule has 4 atom stereocenters.